The summed E-state index contributed by atoms with van der Waals surface area (Å²) in [7, 11) is 0. The fourth-order valence-electron chi connectivity index (χ4n) is 1.29. The molecule has 1 rings (SSSR count). The van der Waals surface area contributed by atoms with Crippen molar-refractivity contribution in [3.05, 3.63) is 29.3 Å². The maximum Gasteiger partial charge on any atom is 0.379 e. The topological polar surface area (TPSA) is 46.5 Å². The van der Waals surface area contributed by atoms with Gasteiger partial charge in [-0.15, -0.1) is 0 Å². The molecule has 0 aromatic heterocycles. The first-order chi connectivity index (χ1) is 7.39. The first kappa shape index (κ1) is 12.4. The third-order valence-corrected chi connectivity index (χ3v) is 2.11. The molecule has 1 N–H and O–H groups in total. The lowest BCUT2D eigenvalue weighted by Gasteiger charge is -2.14. The van der Waals surface area contributed by atoms with Gasteiger partial charge in [0, 0.05) is 5.56 Å². The van der Waals surface area contributed by atoms with E-state index < -0.39 is 17.5 Å². The van der Waals surface area contributed by atoms with Gasteiger partial charge in [-0.25, -0.2) is 4.79 Å². The van der Waals surface area contributed by atoms with E-state index >= 15 is 0 Å². The third kappa shape index (κ3) is 2.29. The lowest BCUT2D eigenvalue weighted by molar-refractivity contribution is -0.166. The van der Waals surface area contributed by atoms with E-state index in [1.165, 1.54) is 6.07 Å². The van der Waals surface area contributed by atoms with E-state index in [0.29, 0.717) is 17.9 Å². The molecule has 0 saturated carbocycles. The molecule has 5 heteroatoms. The molecule has 0 aliphatic carbocycles. The Kier molecular flexibility index (Phi) is 3.47. The predicted octanol–water partition coefficient (Wildman–Crippen LogP) is 2.57. The molecule has 0 radical (unpaired) electrons. The smallest absolute Gasteiger partial charge is 0.379 e. The molecule has 0 heterocycles. The highest BCUT2D eigenvalue weighted by Gasteiger charge is 2.41. The van der Waals surface area contributed by atoms with Gasteiger partial charge in [-0.1, -0.05) is 0 Å². The Morgan fingerprint density at radius 2 is 2.12 bits per heavy atom. The van der Waals surface area contributed by atoms with E-state index in [2.05, 4.69) is 0 Å². The number of hydrogen-bond acceptors (Lipinski definition) is 2. The molecule has 0 amide bonds. The van der Waals surface area contributed by atoms with Gasteiger partial charge in [0.25, 0.3) is 0 Å². The number of rotatable bonds is 4. The number of carboxylic acids is 1. The van der Waals surface area contributed by atoms with E-state index in [4.69, 9.17) is 9.84 Å². The van der Waals surface area contributed by atoms with E-state index in [9.17, 15) is 13.6 Å². The number of aliphatic carboxylic acids is 1. The molecule has 0 saturated heterocycles. The Hall–Kier alpha value is -1.65. The van der Waals surface area contributed by atoms with Crippen molar-refractivity contribution in [3.63, 3.8) is 0 Å². The van der Waals surface area contributed by atoms with Crippen molar-refractivity contribution in [3.8, 4) is 5.75 Å². The van der Waals surface area contributed by atoms with Gasteiger partial charge in [0.2, 0.25) is 0 Å². The minimum Gasteiger partial charge on any atom is -0.494 e. The second kappa shape index (κ2) is 4.47. The molecule has 1 aromatic carbocycles. The molecule has 0 spiro atoms. The maximum atomic E-state index is 13.1. The van der Waals surface area contributed by atoms with E-state index in [0.717, 1.165) is 12.1 Å². The highest BCUT2D eigenvalue weighted by molar-refractivity contribution is 5.77. The number of carbonyl (C=O) groups is 1. The zero-order valence-electron chi connectivity index (χ0n) is 8.96. The van der Waals surface area contributed by atoms with E-state index in [-0.39, 0.29) is 0 Å². The number of hydrogen-bond donors (Lipinski definition) is 1. The van der Waals surface area contributed by atoms with E-state index in [1.54, 1.807) is 13.8 Å². The van der Waals surface area contributed by atoms with Crippen LogP contribution in [0.3, 0.4) is 0 Å². The second-order valence-electron chi connectivity index (χ2n) is 3.29. The summed E-state index contributed by atoms with van der Waals surface area (Å²) < 4.78 is 31.4. The molecular formula is C11H12F2O3. The Morgan fingerprint density at radius 3 is 2.56 bits per heavy atom. The molecule has 1 aromatic rings. The number of benzene rings is 1. The summed E-state index contributed by atoms with van der Waals surface area (Å²) in [6.07, 6.45) is 0. The lowest BCUT2D eigenvalue weighted by Crippen LogP contribution is -2.25. The van der Waals surface area contributed by atoms with Crippen LogP contribution in [0.15, 0.2) is 18.2 Å². The minimum absolute atomic E-state index is 0.426. The normalized spacial score (nSPS) is 11.2. The van der Waals surface area contributed by atoms with Crippen LogP contribution in [-0.2, 0) is 10.7 Å². The highest BCUT2D eigenvalue weighted by atomic mass is 19.3. The molecule has 0 fully saturated rings. The molecule has 0 aliphatic heterocycles. The van der Waals surface area contributed by atoms with Gasteiger partial charge in [0.15, 0.2) is 0 Å². The number of halogens is 2. The average Bonchev–Trinajstić information content (AvgIpc) is 2.21. The number of alkyl halides is 2. The first-order valence-corrected chi connectivity index (χ1v) is 4.74. The summed E-state index contributed by atoms with van der Waals surface area (Å²) in [5.41, 5.74) is -0.0544. The quantitative estimate of drug-likeness (QED) is 0.864. The zero-order valence-corrected chi connectivity index (χ0v) is 8.96. The largest absolute Gasteiger partial charge is 0.494 e. The van der Waals surface area contributed by atoms with Crippen molar-refractivity contribution >= 4 is 5.97 Å². The van der Waals surface area contributed by atoms with Crippen LogP contribution < -0.4 is 4.74 Å². The van der Waals surface area contributed by atoms with E-state index in [1.807, 2.05) is 0 Å². The van der Waals surface area contributed by atoms with Crippen LogP contribution in [0.25, 0.3) is 0 Å². The fourth-order valence-corrected chi connectivity index (χ4v) is 1.29. The van der Waals surface area contributed by atoms with Gasteiger partial charge >= 0.3 is 11.9 Å². The second-order valence-corrected chi connectivity index (χ2v) is 3.29. The fraction of sp³-hybridized carbons (Fsp3) is 0.364. The van der Waals surface area contributed by atoms with Gasteiger partial charge in [-0.2, -0.15) is 8.78 Å². The Balaban J connectivity index is 3.10. The van der Waals surface area contributed by atoms with Crippen LogP contribution in [-0.4, -0.2) is 17.7 Å². The summed E-state index contributed by atoms with van der Waals surface area (Å²) in [5, 5.41) is 8.38. The summed E-state index contributed by atoms with van der Waals surface area (Å²) in [6, 6.07) is 3.54. The Labute approximate surface area is 91.7 Å². The van der Waals surface area contributed by atoms with Crippen molar-refractivity contribution in [2.75, 3.05) is 6.61 Å². The molecular weight excluding hydrogens is 218 g/mol. The summed E-state index contributed by atoms with van der Waals surface area (Å²) >= 11 is 0. The van der Waals surface area contributed by atoms with Gasteiger partial charge < -0.3 is 9.84 Å². The predicted molar refractivity (Wildman–Crippen MR) is 53.9 cm³/mol. The Morgan fingerprint density at radius 1 is 1.50 bits per heavy atom. The van der Waals surface area contributed by atoms with Crippen LogP contribution >= 0.6 is 0 Å². The van der Waals surface area contributed by atoms with Crippen molar-refractivity contribution in [1.82, 2.24) is 0 Å². The molecule has 0 aliphatic rings. The monoisotopic (exact) mass is 230 g/mol. The first-order valence-electron chi connectivity index (χ1n) is 4.74. The van der Waals surface area contributed by atoms with Crippen LogP contribution in [0.1, 0.15) is 18.1 Å². The standard InChI is InChI=1S/C11H12F2O3/c1-3-16-9-5-4-8(6-7(9)2)11(12,13)10(14)15/h4-6H,3H2,1-2H3,(H,14,15). The number of ether oxygens (including phenoxy) is 1. The minimum atomic E-state index is -3.87. The number of aryl methyl sites for hydroxylation is 1. The average molecular weight is 230 g/mol. The maximum absolute atomic E-state index is 13.1. The van der Waals surface area contributed by atoms with Gasteiger partial charge in [-0.05, 0) is 37.6 Å². The SMILES string of the molecule is CCOc1ccc(C(F)(F)C(=O)O)cc1C. The molecule has 3 nitrogen and oxygen atoms in total. The third-order valence-electron chi connectivity index (χ3n) is 2.11. The van der Waals surface area contributed by atoms with Gasteiger partial charge in [0.05, 0.1) is 6.61 Å². The summed E-state index contributed by atoms with van der Waals surface area (Å²) in [4.78, 5) is 10.4. The summed E-state index contributed by atoms with van der Waals surface area (Å²) in [6.45, 7) is 3.79. The molecule has 0 atom stereocenters. The summed E-state index contributed by atoms with van der Waals surface area (Å²) in [5.74, 6) is -5.54. The van der Waals surface area contributed by atoms with Crippen molar-refractivity contribution in [1.29, 1.82) is 0 Å². The van der Waals surface area contributed by atoms with Crippen LogP contribution in [0.4, 0.5) is 8.78 Å². The van der Waals surface area contributed by atoms with Gasteiger partial charge in [-0.3, -0.25) is 0 Å². The van der Waals surface area contributed by atoms with Crippen LogP contribution in [0.2, 0.25) is 0 Å². The van der Waals surface area contributed by atoms with Gasteiger partial charge in [0.1, 0.15) is 5.75 Å². The zero-order chi connectivity index (χ0) is 12.3. The van der Waals surface area contributed by atoms with Crippen molar-refractivity contribution in [2.45, 2.75) is 19.8 Å². The van der Waals surface area contributed by atoms with Crippen molar-refractivity contribution in [2.24, 2.45) is 0 Å². The highest BCUT2D eigenvalue weighted by Crippen LogP contribution is 2.31. The van der Waals surface area contributed by atoms with Crippen molar-refractivity contribution < 1.29 is 23.4 Å². The number of carboxylic acid groups (broad SMARTS) is 1. The molecule has 16 heavy (non-hydrogen) atoms. The lowest BCUT2D eigenvalue weighted by atomic mass is 10.1. The Bertz CT molecular complexity index is 402. The molecule has 88 valence electrons. The van der Waals surface area contributed by atoms with Crippen LogP contribution in [0.5, 0.6) is 5.75 Å². The molecule has 0 bridgehead atoms. The van der Waals surface area contributed by atoms with Crippen LogP contribution in [0, 0.1) is 6.92 Å². The molecule has 0 unspecified atom stereocenters.